The van der Waals surface area contributed by atoms with Crippen molar-refractivity contribution in [2.24, 2.45) is 0 Å². The normalized spacial score (nSPS) is 14.6. The van der Waals surface area contributed by atoms with Crippen LogP contribution in [0.2, 0.25) is 0 Å². The summed E-state index contributed by atoms with van der Waals surface area (Å²) in [6, 6.07) is 11.0. The molecule has 2 aromatic carbocycles. The van der Waals surface area contributed by atoms with E-state index in [0.717, 1.165) is 29.0 Å². The maximum Gasteiger partial charge on any atom is 0.220 e. The Kier molecular flexibility index (Phi) is 7.33. The molecule has 1 aliphatic heterocycles. The number of Topliss-reactive ketones (excluding diaryl/α,β-unsaturated/α-hetero) is 1. The fourth-order valence-corrected chi connectivity index (χ4v) is 3.40. The lowest BCUT2D eigenvalue weighted by molar-refractivity contribution is -0.121. The summed E-state index contributed by atoms with van der Waals surface area (Å²) in [7, 11) is 0. The second-order valence-electron chi connectivity index (χ2n) is 7.44. The summed E-state index contributed by atoms with van der Waals surface area (Å²) in [5.41, 5.74) is 2.72. The van der Waals surface area contributed by atoms with Crippen LogP contribution in [0.5, 0.6) is 17.2 Å². The summed E-state index contributed by atoms with van der Waals surface area (Å²) in [5, 5.41) is 2.95. The molecule has 6 heteroatoms. The van der Waals surface area contributed by atoms with Gasteiger partial charge in [0.1, 0.15) is 23.4 Å². The lowest BCUT2D eigenvalue weighted by Crippen LogP contribution is -2.23. The number of benzene rings is 2. The molecule has 0 aliphatic carbocycles. The molecule has 1 heterocycles. The molecule has 0 aromatic heterocycles. The molecule has 1 amide bonds. The van der Waals surface area contributed by atoms with Gasteiger partial charge >= 0.3 is 0 Å². The Bertz CT molecular complexity index is 891. The first kappa shape index (κ1) is 21.7. The van der Waals surface area contributed by atoms with Crippen molar-refractivity contribution in [1.29, 1.82) is 0 Å². The highest BCUT2D eigenvalue weighted by atomic mass is 16.5. The van der Waals surface area contributed by atoms with Crippen molar-refractivity contribution in [3.8, 4) is 17.2 Å². The second kappa shape index (κ2) is 10.1. The zero-order chi connectivity index (χ0) is 21.5. The van der Waals surface area contributed by atoms with Gasteiger partial charge in [0.05, 0.1) is 13.2 Å². The van der Waals surface area contributed by atoms with E-state index in [9.17, 15) is 9.59 Å². The van der Waals surface area contributed by atoms with Crippen molar-refractivity contribution in [1.82, 2.24) is 5.32 Å². The zero-order valence-electron chi connectivity index (χ0n) is 17.8. The largest absolute Gasteiger partial charge is 0.494 e. The first-order chi connectivity index (χ1) is 14.5. The molecule has 0 spiro atoms. The summed E-state index contributed by atoms with van der Waals surface area (Å²) < 4.78 is 17.2. The first-order valence-corrected chi connectivity index (χ1v) is 10.4. The van der Waals surface area contributed by atoms with Gasteiger partial charge in [-0.3, -0.25) is 9.59 Å². The first-order valence-electron chi connectivity index (χ1n) is 10.4. The summed E-state index contributed by atoms with van der Waals surface area (Å²) >= 11 is 0. The molecule has 1 atom stereocenters. The van der Waals surface area contributed by atoms with Crippen LogP contribution in [-0.2, 0) is 17.8 Å². The molecule has 0 radical (unpaired) electrons. The van der Waals surface area contributed by atoms with E-state index in [-0.39, 0.29) is 17.8 Å². The van der Waals surface area contributed by atoms with E-state index in [0.29, 0.717) is 43.9 Å². The van der Waals surface area contributed by atoms with Gasteiger partial charge in [-0.1, -0.05) is 0 Å². The van der Waals surface area contributed by atoms with Crippen LogP contribution in [0.4, 0.5) is 0 Å². The van der Waals surface area contributed by atoms with E-state index in [1.165, 1.54) is 6.92 Å². The van der Waals surface area contributed by atoms with Crippen molar-refractivity contribution in [3.63, 3.8) is 0 Å². The van der Waals surface area contributed by atoms with Crippen LogP contribution in [0.1, 0.15) is 55.1 Å². The van der Waals surface area contributed by atoms with Crippen LogP contribution in [0.15, 0.2) is 36.4 Å². The number of ketones is 1. The summed E-state index contributed by atoms with van der Waals surface area (Å²) in [6.45, 7) is 6.92. The molecule has 160 valence electrons. The molecule has 0 unspecified atom stereocenters. The van der Waals surface area contributed by atoms with E-state index < -0.39 is 0 Å². The molecule has 2 aromatic rings. The molecule has 3 rings (SSSR count). The zero-order valence-corrected chi connectivity index (χ0v) is 17.8. The topological polar surface area (TPSA) is 73.9 Å². The number of fused-ring (bicyclic) bond motifs is 1. The summed E-state index contributed by atoms with van der Waals surface area (Å²) in [6.07, 6.45) is 2.01. The van der Waals surface area contributed by atoms with E-state index >= 15 is 0 Å². The highest BCUT2D eigenvalue weighted by molar-refractivity contribution is 5.94. The quantitative estimate of drug-likeness (QED) is 0.471. The number of ether oxygens (including phenoxy) is 3. The molecule has 0 fully saturated rings. The van der Waals surface area contributed by atoms with Gasteiger partial charge in [0, 0.05) is 36.1 Å². The highest BCUT2D eigenvalue weighted by Gasteiger charge is 2.22. The van der Waals surface area contributed by atoms with E-state index in [2.05, 4.69) is 5.32 Å². The maximum atomic E-state index is 12.2. The van der Waals surface area contributed by atoms with E-state index in [1.807, 2.05) is 26.0 Å². The molecule has 0 bridgehead atoms. The number of hydrogen-bond acceptors (Lipinski definition) is 5. The standard InChI is InChI=1S/C24H29NO5/c1-4-28-22-13-19-12-16(2)30-23(19)14-20(22)15-25-24(27)6-5-11-29-21-9-7-18(8-10-21)17(3)26/h7-10,13-14,16H,4-6,11-12,15H2,1-3H3,(H,25,27)/t16-/m1/s1. The van der Waals surface area contributed by atoms with Gasteiger partial charge in [-0.25, -0.2) is 0 Å². The van der Waals surface area contributed by atoms with Crippen molar-refractivity contribution in [2.45, 2.75) is 52.7 Å². The van der Waals surface area contributed by atoms with Gasteiger partial charge in [0.25, 0.3) is 0 Å². The molecular formula is C24H29NO5. The van der Waals surface area contributed by atoms with Gasteiger partial charge in [0.15, 0.2) is 5.78 Å². The average Bonchev–Trinajstić information content (AvgIpc) is 3.08. The lowest BCUT2D eigenvalue weighted by atomic mass is 10.1. The molecule has 1 aliphatic rings. The van der Waals surface area contributed by atoms with Crippen molar-refractivity contribution in [2.75, 3.05) is 13.2 Å². The van der Waals surface area contributed by atoms with Crippen LogP contribution in [-0.4, -0.2) is 31.0 Å². The fourth-order valence-electron chi connectivity index (χ4n) is 3.40. The number of carbonyl (C=O) groups is 2. The number of hydrogen-bond donors (Lipinski definition) is 1. The minimum Gasteiger partial charge on any atom is -0.494 e. The van der Waals surface area contributed by atoms with E-state index in [4.69, 9.17) is 14.2 Å². The minimum absolute atomic E-state index is 0.0233. The third-order valence-electron chi connectivity index (χ3n) is 4.93. The number of rotatable bonds is 10. The van der Waals surface area contributed by atoms with Crippen LogP contribution >= 0.6 is 0 Å². The number of nitrogens with one attached hydrogen (secondary N) is 1. The average molecular weight is 411 g/mol. The van der Waals surface area contributed by atoms with Gasteiger partial charge in [-0.05, 0) is 63.6 Å². The second-order valence-corrected chi connectivity index (χ2v) is 7.44. The Balaban J connectivity index is 1.44. The van der Waals surface area contributed by atoms with Crippen LogP contribution in [0.3, 0.4) is 0 Å². The molecule has 0 saturated heterocycles. The number of carbonyl (C=O) groups excluding carboxylic acids is 2. The smallest absolute Gasteiger partial charge is 0.220 e. The Morgan fingerprint density at radius 1 is 1.17 bits per heavy atom. The summed E-state index contributed by atoms with van der Waals surface area (Å²) in [4.78, 5) is 23.5. The SMILES string of the molecule is CCOc1cc2c(cc1CNC(=O)CCCOc1ccc(C(C)=O)cc1)O[C@H](C)C2. The third-order valence-corrected chi connectivity index (χ3v) is 4.93. The van der Waals surface area contributed by atoms with Gasteiger partial charge in [0.2, 0.25) is 5.91 Å². The molecule has 30 heavy (non-hydrogen) atoms. The number of amides is 1. The van der Waals surface area contributed by atoms with Crippen molar-refractivity contribution >= 4 is 11.7 Å². The van der Waals surface area contributed by atoms with E-state index in [1.54, 1.807) is 24.3 Å². The molecular weight excluding hydrogens is 382 g/mol. The lowest BCUT2D eigenvalue weighted by Gasteiger charge is -2.13. The monoisotopic (exact) mass is 411 g/mol. The molecule has 6 nitrogen and oxygen atoms in total. The fraction of sp³-hybridized carbons (Fsp3) is 0.417. The Labute approximate surface area is 177 Å². The minimum atomic E-state index is -0.0391. The van der Waals surface area contributed by atoms with Crippen LogP contribution < -0.4 is 19.5 Å². The van der Waals surface area contributed by atoms with Crippen LogP contribution in [0, 0.1) is 0 Å². The van der Waals surface area contributed by atoms with Crippen molar-refractivity contribution in [3.05, 3.63) is 53.1 Å². The maximum absolute atomic E-state index is 12.2. The third kappa shape index (κ3) is 5.75. The molecule has 0 saturated carbocycles. The van der Waals surface area contributed by atoms with Gasteiger partial charge in [-0.2, -0.15) is 0 Å². The summed E-state index contributed by atoms with van der Waals surface area (Å²) in [5.74, 6) is 2.35. The van der Waals surface area contributed by atoms with Gasteiger partial charge in [-0.15, -0.1) is 0 Å². The van der Waals surface area contributed by atoms with Crippen molar-refractivity contribution < 1.29 is 23.8 Å². The Hall–Kier alpha value is -3.02. The Morgan fingerprint density at radius 2 is 1.93 bits per heavy atom. The highest BCUT2D eigenvalue weighted by Crippen LogP contribution is 2.35. The molecule has 1 N–H and O–H groups in total. The predicted octanol–water partition coefficient (Wildman–Crippen LogP) is 4.09. The predicted molar refractivity (Wildman–Crippen MR) is 114 cm³/mol. The Morgan fingerprint density at radius 3 is 2.63 bits per heavy atom. The van der Waals surface area contributed by atoms with Gasteiger partial charge < -0.3 is 19.5 Å². The van der Waals surface area contributed by atoms with Crippen LogP contribution in [0.25, 0.3) is 0 Å².